The number of hydrogen-bond donors (Lipinski definition) is 0. The lowest BCUT2D eigenvalue weighted by Gasteiger charge is -2.06. The van der Waals surface area contributed by atoms with Crippen LogP contribution in [0.4, 0.5) is 5.69 Å². The Bertz CT molecular complexity index is 387. The van der Waals surface area contributed by atoms with E-state index in [2.05, 4.69) is 0 Å². The highest BCUT2D eigenvalue weighted by Crippen LogP contribution is 2.32. The van der Waals surface area contributed by atoms with Crippen LogP contribution >= 0.6 is 0 Å². The molecule has 0 amide bonds. The van der Waals surface area contributed by atoms with Crippen molar-refractivity contribution in [2.45, 2.75) is 18.9 Å². The van der Waals surface area contributed by atoms with Crippen LogP contribution in [0.3, 0.4) is 0 Å². The molecule has 5 nitrogen and oxygen atoms in total. The maximum absolute atomic E-state index is 10.6. The summed E-state index contributed by atoms with van der Waals surface area (Å²) in [6.07, 6.45) is 2.26. The van der Waals surface area contributed by atoms with E-state index in [4.69, 9.17) is 9.47 Å². The van der Waals surface area contributed by atoms with Crippen molar-refractivity contribution in [3.8, 4) is 11.5 Å². The number of hydrogen-bond acceptors (Lipinski definition) is 4. The van der Waals surface area contributed by atoms with Crippen LogP contribution in [0.5, 0.6) is 11.5 Å². The van der Waals surface area contributed by atoms with Crippen LogP contribution in [0.25, 0.3) is 0 Å². The third-order valence-electron chi connectivity index (χ3n) is 2.14. The normalized spacial score (nSPS) is 14.7. The molecule has 80 valence electrons. The summed E-state index contributed by atoms with van der Waals surface area (Å²) in [6.45, 7) is 0. The number of non-ortho nitro benzene ring substituents is 1. The second-order valence-electron chi connectivity index (χ2n) is 3.44. The topological polar surface area (TPSA) is 61.6 Å². The van der Waals surface area contributed by atoms with Gasteiger partial charge in [-0.2, -0.15) is 0 Å². The van der Waals surface area contributed by atoms with Gasteiger partial charge in [-0.05, 0) is 12.8 Å². The average molecular weight is 209 g/mol. The SMILES string of the molecule is COc1cc(OC2CC2)cc([N+](=O)[O-])c1. The predicted octanol–water partition coefficient (Wildman–Crippen LogP) is 2.14. The minimum absolute atomic E-state index is 0.00926. The fraction of sp³-hybridized carbons (Fsp3) is 0.400. The second kappa shape index (κ2) is 3.76. The zero-order valence-electron chi connectivity index (χ0n) is 8.30. The summed E-state index contributed by atoms with van der Waals surface area (Å²) in [7, 11) is 1.47. The highest BCUT2D eigenvalue weighted by atomic mass is 16.6. The predicted molar refractivity (Wildman–Crippen MR) is 53.3 cm³/mol. The van der Waals surface area contributed by atoms with Crippen LogP contribution in [-0.2, 0) is 0 Å². The van der Waals surface area contributed by atoms with Crippen molar-refractivity contribution >= 4 is 5.69 Å². The van der Waals surface area contributed by atoms with Gasteiger partial charge in [-0.1, -0.05) is 0 Å². The van der Waals surface area contributed by atoms with E-state index in [0.29, 0.717) is 11.5 Å². The number of nitrogens with zero attached hydrogens (tertiary/aromatic N) is 1. The first-order chi connectivity index (χ1) is 7.19. The van der Waals surface area contributed by atoms with Gasteiger partial charge in [0.1, 0.15) is 11.5 Å². The average Bonchev–Trinajstić information content (AvgIpc) is 3.01. The van der Waals surface area contributed by atoms with Gasteiger partial charge < -0.3 is 9.47 Å². The maximum atomic E-state index is 10.6. The molecule has 1 saturated carbocycles. The van der Waals surface area contributed by atoms with Crippen molar-refractivity contribution in [1.82, 2.24) is 0 Å². The molecule has 0 N–H and O–H groups in total. The number of nitro groups is 1. The summed E-state index contributed by atoms with van der Waals surface area (Å²) >= 11 is 0. The molecular weight excluding hydrogens is 198 g/mol. The first-order valence-electron chi connectivity index (χ1n) is 4.69. The summed E-state index contributed by atoms with van der Waals surface area (Å²) in [5.41, 5.74) is -0.00926. The summed E-state index contributed by atoms with van der Waals surface area (Å²) in [4.78, 5) is 10.2. The molecule has 5 heteroatoms. The van der Waals surface area contributed by atoms with Gasteiger partial charge in [0.05, 0.1) is 30.3 Å². The zero-order chi connectivity index (χ0) is 10.8. The van der Waals surface area contributed by atoms with E-state index in [1.54, 1.807) is 6.07 Å². The van der Waals surface area contributed by atoms with Crippen molar-refractivity contribution in [2.24, 2.45) is 0 Å². The summed E-state index contributed by atoms with van der Waals surface area (Å²) in [5, 5.41) is 10.6. The second-order valence-corrected chi connectivity index (χ2v) is 3.44. The van der Waals surface area contributed by atoms with E-state index in [-0.39, 0.29) is 11.8 Å². The van der Waals surface area contributed by atoms with Crippen LogP contribution in [0, 0.1) is 10.1 Å². The van der Waals surface area contributed by atoms with Gasteiger partial charge in [0.25, 0.3) is 5.69 Å². The third-order valence-corrected chi connectivity index (χ3v) is 2.14. The van der Waals surface area contributed by atoms with Crippen LogP contribution < -0.4 is 9.47 Å². The lowest BCUT2D eigenvalue weighted by atomic mass is 10.3. The van der Waals surface area contributed by atoms with E-state index in [0.717, 1.165) is 12.8 Å². The summed E-state index contributed by atoms with van der Waals surface area (Å²) in [5.74, 6) is 0.948. The van der Waals surface area contributed by atoms with Gasteiger partial charge in [0.15, 0.2) is 0 Å². The minimum atomic E-state index is -0.456. The monoisotopic (exact) mass is 209 g/mol. The van der Waals surface area contributed by atoms with Crippen molar-refractivity contribution in [3.63, 3.8) is 0 Å². The van der Waals surface area contributed by atoms with Gasteiger partial charge in [0, 0.05) is 6.07 Å². The van der Waals surface area contributed by atoms with Crippen molar-refractivity contribution in [1.29, 1.82) is 0 Å². The van der Waals surface area contributed by atoms with E-state index in [1.165, 1.54) is 19.2 Å². The molecule has 0 aromatic heterocycles. The standard InChI is InChI=1S/C10H11NO4/c1-14-9-4-7(11(12)13)5-10(6-9)15-8-2-3-8/h4-6,8H,2-3H2,1H3. The largest absolute Gasteiger partial charge is 0.496 e. The summed E-state index contributed by atoms with van der Waals surface area (Å²) in [6, 6.07) is 4.45. The van der Waals surface area contributed by atoms with Gasteiger partial charge in [0.2, 0.25) is 0 Å². The number of benzene rings is 1. The molecule has 1 aromatic rings. The number of rotatable bonds is 4. The Labute approximate surface area is 86.8 Å². The Morgan fingerprint density at radius 3 is 2.53 bits per heavy atom. The van der Waals surface area contributed by atoms with Crippen molar-refractivity contribution < 1.29 is 14.4 Å². The third kappa shape index (κ3) is 2.37. The Balaban J connectivity index is 2.27. The minimum Gasteiger partial charge on any atom is -0.496 e. The van der Waals surface area contributed by atoms with Crippen molar-refractivity contribution in [2.75, 3.05) is 7.11 Å². The lowest BCUT2D eigenvalue weighted by molar-refractivity contribution is -0.385. The van der Waals surface area contributed by atoms with Crippen LogP contribution in [-0.4, -0.2) is 18.1 Å². The Hall–Kier alpha value is -1.78. The molecule has 15 heavy (non-hydrogen) atoms. The highest BCUT2D eigenvalue weighted by Gasteiger charge is 2.24. The van der Waals surface area contributed by atoms with E-state index in [9.17, 15) is 10.1 Å². The van der Waals surface area contributed by atoms with Crippen molar-refractivity contribution in [3.05, 3.63) is 28.3 Å². The van der Waals surface area contributed by atoms with Crippen LogP contribution in [0.15, 0.2) is 18.2 Å². The first-order valence-corrected chi connectivity index (χ1v) is 4.69. The Morgan fingerprint density at radius 2 is 2.00 bits per heavy atom. The molecule has 0 atom stereocenters. The van der Waals surface area contributed by atoms with Gasteiger partial charge in [-0.15, -0.1) is 0 Å². The number of nitro benzene ring substituents is 1. The molecule has 0 unspecified atom stereocenters. The molecule has 0 radical (unpaired) electrons. The van der Waals surface area contributed by atoms with Gasteiger partial charge >= 0.3 is 0 Å². The molecule has 1 fully saturated rings. The maximum Gasteiger partial charge on any atom is 0.276 e. The molecule has 1 aliphatic carbocycles. The quantitative estimate of drug-likeness (QED) is 0.563. The highest BCUT2D eigenvalue weighted by molar-refractivity contribution is 5.46. The fourth-order valence-corrected chi connectivity index (χ4v) is 1.23. The summed E-state index contributed by atoms with van der Waals surface area (Å²) < 4.78 is 10.4. The van der Waals surface area contributed by atoms with Crippen LogP contribution in [0.1, 0.15) is 12.8 Å². The first kappa shape index (κ1) is 9.76. The molecule has 0 heterocycles. The van der Waals surface area contributed by atoms with E-state index >= 15 is 0 Å². The zero-order valence-corrected chi connectivity index (χ0v) is 8.30. The molecule has 2 rings (SSSR count). The van der Waals surface area contributed by atoms with Gasteiger partial charge in [-0.25, -0.2) is 0 Å². The molecule has 0 spiro atoms. The number of ether oxygens (including phenoxy) is 2. The molecule has 1 aromatic carbocycles. The smallest absolute Gasteiger partial charge is 0.276 e. The fourth-order valence-electron chi connectivity index (χ4n) is 1.23. The number of methoxy groups -OCH3 is 1. The van der Waals surface area contributed by atoms with Gasteiger partial charge in [-0.3, -0.25) is 10.1 Å². The lowest BCUT2D eigenvalue weighted by Crippen LogP contribution is -1.98. The van der Waals surface area contributed by atoms with Crippen LogP contribution in [0.2, 0.25) is 0 Å². The molecule has 1 aliphatic rings. The molecular formula is C10H11NO4. The van der Waals surface area contributed by atoms with E-state index in [1.807, 2.05) is 0 Å². The Morgan fingerprint density at radius 1 is 1.33 bits per heavy atom. The molecule has 0 bridgehead atoms. The molecule has 0 aliphatic heterocycles. The Kier molecular flexibility index (Phi) is 2.45. The molecule has 0 saturated heterocycles. The van der Waals surface area contributed by atoms with E-state index < -0.39 is 4.92 Å².